The van der Waals surface area contributed by atoms with Gasteiger partial charge in [0, 0.05) is 18.8 Å². The van der Waals surface area contributed by atoms with Crippen molar-refractivity contribution >= 4 is 11.6 Å². The molecule has 0 aliphatic heterocycles. The number of nitrogens with zero attached hydrogens (tertiary/aromatic N) is 1. The smallest absolute Gasteiger partial charge is 0.193 e. The van der Waals surface area contributed by atoms with Crippen LogP contribution < -0.4 is 11.1 Å². The second-order valence-corrected chi connectivity index (χ2v) is 5.32. The van der Waals surface area contributed by atoms with E-state index in [2.05, 4.69) is 42.4 Å². The van der Waals surface area contributed by atoms with Gasteiger partial charge in [0.15, 0.2) is 5.96 Å². The first kappa shape index (κ1) is 17.5. The number of aryl methyl sites for hydroxylation is 2. The van der Waals surface area contributed by atoms with Crippen LogP contribution in [-0.2, 0) is 17.6 Å². The maximum absolute atomic E-state index is 5.99. The van der Waals surface area contributed by atoms with Gasteiger partial charge in [-0.2, -0.15) is 0 Å². The minimum absolute atomic E-state index is 0.271. The van der Waals surface area contributed by atoms with Crippen molar-refractivity contribution in [3.63, 3.8) is 0 Å². The van der Waals surface area contributed by atoms with Crippen LogP contribution in [0.1, 0.15) is 45.2 Å². The predicted octanol–water partition coefficient (Wildman–Crippen LogP) is 3.35. The number of ether oxygens (including phenoxy) is 1. The lowest BCUT2D eigenvalue weighted by Crippen LogP contribution is -2.24. The quantitative estimate of drug-likeness (QED) is 0.438. The molecule has 1 aromatic carbocycles. The Morgan fingerprint density at radius 3 is 2.38 bits per heavy atom. The van der Waals surface area contributed by atoms with Gasteiger partial charge in [-0.3, -0.25) is 4.99 Å². The van der Waals surface area contributed by atoms with Gasteiger partial charge < -0.3 is 15.8 Å². The van der Waals surface area contributed by atoms with Gasteiger partial charge in [0.05, 0.1) is 6.10 Å². The molecule has 0 saturated carbocycles. The highest BCUT2D eigenvalue weighted by Crippen LogP contribution is 2.22. The standard InChI is InChI=1S/C17H29N3O/c1-5-14-9-7-10-15(6-2)16(14)20-17(18)19-11-8-12-21-13(3)4/h7,9-10,13H,5-6,8,11-12H2,1-4H3,(H3,18,19,20). The Morgan fingerprint density at radius 2 is 1.86 bits per heavy atom. The monoisotopic (exact) mass is 291 g/mol. The number of para-hydroxylation sites is 1. The Kier molecular flexibility index (Phi) is 7.83. The minimum Gasteiger partial charge on any atom is -0.379 e. The largest absolute Gasteiger partial charge is 0.379 e. The molecule has 21 heavy (non-hydrogen) atoms. The Hall–Kier alpha value is -1.55. The summed E-state index contributed by atoms with van der Waals surface area (Å²) in [5, 5.41) is 3.27. The number of rotatable bonds is 8. The highest BCUT2D eigenvalue weighted by Gasteiger charge is 2.06. The van der Waals surface area contributed by atoms with Gasteiger partial charge in [0.2, 0.25) is 0 Å². The fourth-order valence-electron chi connectivity index (χ4n) is 2.15. The second kappa shape index (κ2) is 9.40. The maximum atomic E-state index is 5.99. The average molecular weight is 291 g/mol. The third kappa shape index (κ3) is 6.17. The van der Waals surface area contributed by atoms with Gasteiger partial charge in [-0.15, -0.1) is 0 Å². The van der Waals surface area contributed by atoms with E-state index in [-0.39, 0.29) is 6.10 Å². The van der Waals surface area contributed by atoms with E-state index in [9.17, 15) is 0 Å². The number of hydrogen-bond donors (Lipinski definition) is 2. The van der Waals surface area contributed by atoms with Crippen molar-refractivity contribution in [3.05, 3.63) is 29.3 Å². The summed E-state index contributed by atoms with van der Waals surface area (Å²) in [5.41, 5.74) is 9.65. The predicted molar refractivity (Wildman–Crippen MR) is 91.0 cm³/mol. The number of aliphatic imine (C=N–C) groups is 1. The molecule has 118 valence electrons. The zero-order valence-electron chi connectivity index (χ0n) is 13.8. The fraction of sp³-hybridized carbons (Fsp3) is 0.588. The Balaban J connectivity index is 2.59. The van der Waals surface area contributed by atoms with Crippen molar-refractivity contribution in [1.82, 2.24) is 0 Å². The lowest BCUT2D eigenvalue weighted by Gasteiger charge is -2.14. The molecule has 1 aromatic rings. The summed E-state index contributed by atoms with van der Waals surface area (Å²) in [6, 6.07) is 6.36. The summed E-state index contributed by atoms with van der Waals surface area (Å²) in [5.74, 6) is 0.482. The van der Waals surface area contributed by atoms with Gasteiger partial charge >= 0.3 is 0 Å². The lowest BCUT2D eigenvalue weighted by atomic mass is 10.0. The number of hydrogen-bond acceptors (Lipinski definition) is 2. The van der Waals surface area contributed by atoms with Crippen LogP contribution in [0.25, 0.3) is 0 Å². The molecule has 0 radical (unpaired) electrons. The molecule has 0 amide bonds. The molecule has 0 fully saturated rings. The van der Waals surface area contributed by atoms with E-state index in [4.69, 9.17) is 10.5 Å². The molecule has 0 aromatic heterocycles. The molecule has 0 saturated heterocycles. The fourth-order valence-corrected chi connectivity index (χ4v) is 2.15. The van der Waals surface area contributed by atoms with E-state index in [1.807, 2.05) is 13.8 Å². The van der Waals surface area contributed by atoms with Crippen molar-refractivity contribution in [2.75, 3.05) is 18.5 Å². The molecule has 0 aliphatic rings. The van der Waals surface area contributed by atoms with E-state index >= 15 is 0 Å². The first-order valence-corrected chi connectivity index (χ1v) is 7.87. The van der Waals surface area contributed by atoms with E-state index in [0.29, 0.717) is 12.5 Å². The number of benzene rings is 1. The van der Waals surface area contributed by atoms with Crippen molar-refractivity contribution in [2.24, 2.45) is 10.7 Å². The normalized spacial score (nSPS) is 12.0. The number of guanidine groups is 1. The summed E-state index contributed by atoms with van der Waals surface area (Å²) in [6.07, 6.45) is 3.11. The Labute approximate surface area is 128 Å². The molecule has 0 aliphatic carbocycles. The first-order chi connectivity index (χ1) is 10.1. The number of anilines is 1. The molecule has 4 nitrogen and oxygen atoms in total. The molecule has 3 N–H and O–H groups in total. The van der Waals surface area contributed by atoms with Crippen LogP contribution >= 0.6 is 0 Å². The molecule has 0 bridgehead atoms. The topological polar surface area (TPSA) is 59.6 Å². The minimum atomic E-state index is 0.271. The third-order valence-corrected chi connectivity index (χ3v) is 3.29. The number of nitrogens with two attached hydrogens (primary N) is 1. The Bertz CT molecular complexity index is 433. The molecule has 0 unspecified atom stereocenters. The van der Waals surface area contributed by atoms with E-state index in [1.54, 1.807) is 0 Å². The van der Waals surface area contributed by atoms with Crippen LogP contribution in [0.2, 0.25) is 0 Å². The summed E-state index contributed by atoms with van der Waals surface area (Å²) in [4.78, 5) is 4.37. The summed E-state index contributed by atoms with van der Waals surface area (Å²) in [6.45, 7) is 9.77. The van der Waals surface area contributed by atoms with Crippen LogP contribution in [0.3, 0.4) is 0 Å². The van der Waals surface area contributed by atoms with Gasteiger partial charge in [0.1, 0.15) is 0 Å². The summed E-state index contributed by atoms with van der Waals surface area (Å²) < 4.78 is 5.48. The van der Waals surface area contributed by atoms with Crippen LogP contribution in [0.15, 0.2) is 23.2 Å². The average Bonchev–Trinajstić information content (AvgIpc) is 2.46. The molecular weight excluding hydrogens is 262 g/mol. The van der Waals surface area contributed by atoms with Crippen molar-refractivity contribution in [1.29, 1.82) is 0 Å². The van der Waals surface area contributed by atoms with Crippen molar-refractivity contribution in [2.45, 2.75) is 53.1 Å². The highest BCUT2D eigenvalue weighted by molar-refractivity contribution is 5.93. The van der Waals surface area contributed by atoms with Gasteiger partial charge in [-0.25, -0.2) is 0 Å². The summed E-state index contributed by atoms with van der Waals surface area (Å²) >= 11 is 0. The highest BCUT2D eigenvalue weighted by atomic mass is 16.5. The van der Waals surface area contributed by atoms with Gasteiger partial charge in [-0.1, -0.05) is 32.0 Å². The zero-order chi connectivity index (χ0) is 15.7. The van der Waals surface area contributed by atoms with Crippen LogP contribution in [0, 0.1) is 0 Å². The molecule has 0 atom stereocenters. The summed E-state index contributed by atoms with van der Waals surface area (Å²) in [7, 11) is 0. The van der Waals surface area contributed by atoms with E-state index in [0.717, 1.165) is 31.6 Å². The van der Waals surface area contributed by atoms with E-state index in [1.165, 1.54) is 11.1 Å². The van der Waals surface area contributed by atoms with Crippen LogP contribution in [0.5, 0.6) is 0 Å². The molecule has 4 heteroatoms. The third-order valence-electron chi connectivity index (χ3n) is 3.29. The zero-order valence-corrected chi connectivity index (χ0v) is 13.8. The maximum Gasteiger partial charge on any atom is 0.193 e. The molecule has 1 rings (SSSR count). The van der Waals surface area contributed by atoms with Crippen LogP contribution in [0.4, 0.5) is 5.69 Å². The molecule has 0 heterocycles. The van der Waals surface area contributed by atoms with Crippen molar-refractivity contribution in [3.8, 4) is 0 Å². The molecule has 0 spiro atoms. The first-order valence-electron chi connectivity index (χ1n) is 7.87. The second-order valence-electron chi connectivity index (χ2n) is 5.32. The Morgan fingerprint density at radius 1 is 1.24 bits per heavy atom. The number of nitrogens with one attached hydrogen (secondary N) is 1. The lowest BCUT2D eigenvalue weighted by molar-refractivity contribution is 0.0783. The SMILES string of the molecule is CCc1cccc(CC)c1NC(N)=NCCCOC(C)C. The van der Waals surface area contributed by atoms with Crippen LogP contribution in [-0.4, -0.2) is 25.2 Å². The van der Waals surface area contributed by atoms with Gasteiger partial charge in [0.25, 0.3) is 0 Å². The van der Waals surface area contributed by atoms with Gasteiger partial charge in [-0.05, 0) is 44.2 Å². The van der Waals surface area contributed by atoms with E-state index < -0.39 is 0 Å². The van der Waals surface area contributed by atoms with Crippen molar-refractivity contribution < 1.29 is 4.74 Å². The molecular formula is C17H29N3O.